The van der Waals surface area contributed by atoms with Crippen molar-refractivity contribution in [3.63, 3.8) is 0 Å². The quantitative estimate of drug-likeness (QED) is 0.746. The molecule has 5 nitrogen and oxygen atoms in total. The van der Waals surface area contributed by atoms with Crippen molar-refractivity contribution in [3.05, 3.63) is 58.8 Å². The predicted octanol–water partition coefficient (Wildman–Crippen LogP) is 3.65. The van der Waals surface area contributed by atoms with E-state index in [0.717, 1.165) is 28.6 Å². The maximum Gasteiger partial charge on any atom is 0.257 e. The average Bonchev–Trinajstić information content (AvgIpc) is 2.97. The van der Waals surface area contributed by atoms with Crippen LogP contribution in [-0.2, 0) is 6.42 Å². The van der Waals surface area contributed by atoms with E-state index in [9.17, 15) is 9.90 Å². The zero-order valence-electron chi connectivity index (χ0n) is 14.8. The smallest absolute Gasteiger partial charge is 0.257 e. The highest BCUT2D eigenvalue weighted by atomic mass is 16.3. The number of fused-ring (bicyclic) bond motifs is 1. The van der Waals surface area contributed by atoms with E-state index in [1.165, 1.54) is 5.56 Å². The number of aryl methyl sites for hydroxylation is 1. The molecule has 0 saturated carbocycles. The third-order valence-corrected chi connectivity index (χ3v) is 4.39. The molecule has 130 valence electrons. The number of aromatic nitrogens is 2. The zero-order chi connectivity index (χ0) is 18.0. The van der Waals surface area contributed by atoms with Gasteiger partial charge in [0, 0.05) is 31.5 Å². The fourth-order valence-corrected chi connectivity index (χ4v) is 2.96. The molecule has 0 aliphatic carbocycles. The Labute approximate surface area is 147 Å². The highest BCUT2D eigenvalue weighted by Gasteiger charge is 2.18. The Hall–Kier alpha value is -2.82. The van der Waals surface area contributed by atoms with Crippen LogP contribution in [-0.4, -0.2) is 39.7 Å². The third-order valence-electron chi connectivity index (χ3n) is 4.39. The highest BCUT2D eigenvalue weighted by Crippen LogP contribution is 2.28. The van der Waals surface area contributed by atoms with Gasteiger partial charge in [0.1, 0.15) is 5.75 Å². The lowest BCUT2D eigenvalue weighted by Crippen LogP contribution is -2.27. The van der Waals surface area contributed by atoms with Gasteiger partial charge in [-0.1, -0.05) is 36.8 Å². The summed E-state index contributed by atoms with van der Waals surface area (Å²) in [4.78, 5) is 14.2. The van der Waals surface area contributed by atoms with Crippen LogP contribution in [0.4, 0.5) is 0 Å². The zero-order valence-corrected chi connectivity index (χ0v) is 14.8. The molecule has 1 aromatic heterocycles. The Balaban J connectivity index is 1.97. The first-order valence-corrected chi connectivity index (χ1v) is 8.50. The number of phenolic OH excluding ortho intramolecular Hbond substituents is 1. The molecule has 0 fully saturated rings. The van der Waals surface area contributed by atoms with Gasteiger partial charge in [0.05, 0.1) is 16.8 Å². The van der Waals surface area contributed by atoms with E-state index in [0.29, 0.717) is 18.5 Å². The second-order valence-electron chi connectivity index (χ2n) is 6.47. The van der Waals surface area contributed by atoms with Gasteiger partial charge < -0.3 is 10.0 Å². The molecule has 0 spiro atoms. The average molecular weight is 337 g/mol. The molecular weight excluding hydrogens is 314 g/mol. The minimum absolute atomic E-state index is 0.0222. The van der Waals surface area contributed by atoms with Crippen LogP contribution in [0, 0.1) is 6.92 Å². The molecule has 2 N–H and O–H groups in total. The first kappa shape index (κ1) is 17.0. The summed E-state index contributed by atoms with van der Waals surface area (Å²) in [6, 6.07) is 11.6. The number of benzene rings is 2. The molecule has 3 rings (SSSR count). The molecule has 0 radical (unpaired) electrons. The van der Waals surface area contributed by atoms with Gasteiger partial charge in [0.25, 0.3) is 5.91 Å². The number of rotatable bonds is 5. The van der Waals surface area contributed by atoms with E-state index >= 15 is 0 Å². The molecule has 0 atom stereocenters. The van der Waals surface area contributed by atoms with Crippen LogP contribution < -0.4 is 0 Å². The molecule has 0 bridgehead atoms. The lowest BCUT2D eigenvalue weighted by atomic mass is 10.0. The number of H-pyrrole nitrogens is 1. The van der Waals surface area contributed by atoms with Crippen molar-refractivity contribution in [2.75, 3.05) is 13.6 Å². The molecule has 1 amide bonds. The van der Waals surface area contributed by atoms with Crippen molar-refractivity contribution in [2.45, 2.75) is 26.7 Å². The van der Waals surface area contributed by atoms with Crippen molar-refractivity contribution in [1.29, 1.82) is 0 Å². The maximum absolute atomic E-state index is 12.6. The summed E-state index contributed by atoms with van der Waals surface area (Å²) in [6.45, 7) is 4.72. The molecule has 0 aliphatic rings. The van der Waals surface area contributed by atoms with Crippen LogP contribution in [0.2, 0.25) is 0 Å². The molecule has 3 aromatic rings. The molecule has 25 heavy (non-hydrogen) atoms. The van der Waals surface area contributed by atoms with Crippen molar-refractivity contribution < 1.29 is 9.90 Å². The fraction of sp³-hybridized carbons (Fsp3) is 0.300. The molecule has 0 unspecified atom stereocenters. The second-order valence-corrected chi connectivity index (χ2v) is 6.47. The topological polar surface area (TPSA) is 69.2 Å². The van der Waals surface area contributed by atoms with Gasteiger partial charge in [0.2, 0.25) is 0 Å². The lowest BCUT2D eigenvalue weighted by molar-refractivity contribution is 0.0792. The number of aromatic amines is 1. The summed E-state index contributed by atoms with van der Waals surface area (Å²) in [5, 5.41) is 18.4. The number of nitrogens with one attached hydrogen (secondary N) is 1. The number of amides is 1. The summed E-state index contributed by atoms with van der Waals surface area (Å²) >= 11 is 0. The van der Waals surface area contributed by atoms with Crippen LogP contribution in [0.1, 0.15) is 40.5 Å². The van der Waals surface area contributed by atoms with E-state index < -0.39 is 0 Å². The second kappa shape index (κ2) is 6.97. The Morgan fingerprint density at radius 2 is 1.96 bits per heavy atom. The number of carbonyl (C=O) groups is 1. The van der Waals surface area contributed by atoms with Crippen LogP contribution >= 0.6 is 0 Å². The van der Waals surface area contributed by atoms with Crippen LogP contribution in [0.5, 0.6) is 5.75 Å². The highest BCUT2D eigenvalue weighted by molar-refractivity contribution is 6.01. The van der Waals surface area contributed by atoms with Crippen LogP contribution in [0.25, 0.3) is 10.9 Å². The monoisotopic (exact) mass is 337 g/mol. The third kappa shape index (κ3) is 3.50. The van der Waals surface area contributed by atoms with Gasteiger partial charge >= 0.3 is 0 Å². The number of hydrogen-bond donors (Lipinski definition) is 2. The van der Waals surface area contributed by atoms with Crippen LogP contribution in [0.15, 0.2) is 36.4 Å². The molecule has 1 heterocycles. The number of carbonyl (C=O) groups excluding carboxylic acids is 1. The number of aromatic hydroxyl groups is 1. The van der Waals surface area contributed by atoms with E-state index in [4.69, 9.17) is 0 Å². The van der Waals surface area contributed by atoms with Crippen molar-refractivity contribution >= 4 is 16.8 Å². The van der Waals surface area contributed by atoms with Crippen LogP contribution in [0.3, 0.4) is 0 Å². The minimum Gasteiger partial charge on any atom is -0.507 e. The summed E-state index contributed by atoms with van der Waals surface area (Å²) in [7, 11) is 1.75. The predicted molar refractivity (Wildman–Crippen MR) is 99.0 cm³/mol. The maximum atomic E-state index is 12.6. The number of hydrogen-bond acceptors (Lipinski definition) is 3. The standard InChI is InChI=1S/C20H23N3O2/c1-4-9-23(3)20(25)16-11-15-17(21-22-18(15)12-19(16)24)10-14-7-5-13(2)6-8-14/h5-8,11-12,24H,4,9-10H2,1-3H3,(H,21,22). The Morgan fingerprint density at radius 1 is 1.24 bits per heavy atom. The fourth-order valence-electron chi connectivity index (χ4n) is 2.96. The number of nitrogens with zero attached hydrogens (tertiary/aromatic N) is 2. The minimum atomic E-state index is -0.177. The Kier molecular flexibility index (Phi) is 4.74. The molecule has 5 heteroatoms. The van der Waals surface area contributed by atoms with Gasteiger partial charge in [-0.15, -0.1) is 0 Å². The van der Waals surface area contributed by atoms with E-state index in [1.54, 1.807) is 24.1 Å². The molecular formula is C20H23N3O2. The van der Waals surface area contributed by atoms with Crippen molar-refractivity contribution in [1.82, 2.24) is 15.1 Å². The normalized spacial score (nSPS) is 11.0. The lowest BCUT2D eigenvalue weighted by Gasteiger charge is -2.16. The SMILES string of the molecule is CCCN(C)C(=O)c1cc2c(Cc3ccc(C)cc3)n[nH]c2cc1O. The van der Waals surface area contributed by atoms with E-state index in [-0.39, 0.29) is 11.7 Å². The van der Waals surface area contributed by atoms with Gasteiger partial charge in [0.15, 0.2) is 0 Å². The molecule has 0 saturated heterocycles. The van der Waals surface area contributed by atoms with E-state index in [2.05, 4.69) is 41.4 Å². The van der Waals surface area contributed by atoms with Gasteiger partial charge in [-0.05, 0) is 25.0 Å². The van der Waals surface area contributed by atoms with Gasteiger partial charge in [-0.25, -0.2) is 0 Å². The van der Waals surface area contributed by atoms with Crippen molar-refractivity contribution in [3.8, 4) is 5.75 Å². The summed E-state index contributed by atoms with van der Waals surface area (Å²) in [5.41, 5.74) is 4.28. The summed E-state index contributed by atoms with van der Waals surface area (Å²) in [5.74, 6) is -0.199. The van der Waals surface area contributed by atoms with Gasteiger partial charge in [-0.2, -0.15) is 5.10 Å². The summed E-state index contributed by atoms with van der Waals surface area (Å²) in [6.07, 6.45) is 1.54. The van der Waals surface area contributed by atoms with Gasteiger partial charge in [-0.3, -0.25) is 9.89 Å². The van der Waals surface area contributed by atoms with E-state index in [1.807, 2.05) is 6.92 Å². The first-order valence-electron chi connectivity index (χ1n) is 8.50. The Morgan fingerprint density at radius 3 is 2.64 bits per heavy atom. The van der Waals surface area contributed by atoms with Crippen molar-refractivity contribution in [2.24, 2.45) is 0 Å². The largest absolute Gasteiger partial charge is 0.507 e. The molecule has 0 aliphatic heterocycles. The molecule has 2 aromatic carbocycles. The Bertz CT molecular complexity index is 897. The first-order chi connectivity index (χ1) is 12.0. The number of phenols is 1. The summed E-state index contributed by atoms with van der Waals surface area (Å²) < 4.78 is 0.